The summed E-state index contributed by atoms with van der Waals surface area (Å²) in [5.74, 6) is -0.268. The van der Waals surface area contributed by atoms with Gasteiger partial charge in [-0.3, -0.25) is 9.59 Å². The predicted molar refractivity (Wildman–Crippen MR) is 113 cm³/mol. The number of aryl methyl sites for hydroxylation is 4. The van der Waals surface area contributed by atoms with E-state index in [2.05, 4.69) is 10.4 Å². The Kier molecular flexibility index (Phi) is 5.73. The van der Waals surface area contributed by atoms with Crippen molar-refractivity contribution in [2.24, 2.45) is 0 Å². The molecule has 3 rings (SSSR count). The first-order chi connectivity index (χ1) is 13.4. The average Bonchev–Trinajstić information content (AvgIpc) is 2.67. The number of carbonyl (C=O) groups is 1. The second-order valence-corrected chi connectivity index (χ2v) is 7.02. The van der Waals surface area contributed by atoms with E-state index < -0.39 is 0 Å². The molecule has 3 aromatic rings. The number of benzene rings is 2. The summed E-state index contributed by atoms with van der Waals surface area (Å²) in [6.45, 7) is 7.96. The van der Waals surface area contributed by atoms with E-state index in [4.69, 9.17) is 0 Å². The highest BCUT2D eigenvalue weighted by atomic mass is 16.2. The normalized spacial score (nSPS) is 10.7. The molecule has 0 aliphatic carbocycles. The number of para-hydroxylation sites is 1. The molecule has 28 heavy (non-hydrogen) atoms. The van der Waals surface area contributed by atoms with E-state index in [0.717, 1.165) is 34.4 Å². The molecule has 1 N–H and O–H groups in total. The topological polar surface area (TPSA) is 64.0 Å². The first-order valence-corrected chi connectivity index (χ1v) is 9.43. The number of hydrogen-bond acceptors (Lipinski definition) is 3. The van der Waals surface area contributed by atoms with Crippen LogP contribution >= 0.6 is 0 Å². The maximum Gasteiger partial charge on any atom is 0.267 e. The third-order valence-corrected chi connectivity index (χ3v) is 4.97. The van der Waals surface area contributed by atoms with Crippen molar-refractivity contribution in [1.82, 2.24) is 9.78 Å². The summed E-state index contributed by atoms with van der Waals surface area (Å²) in [5.41, 5.74) is 6.51. The lowest BCUT2D eigenvalue weighted by atomic mass is 10.0. The van der Waals surface area contributed by atoms with Gasteiger partial charge in [-0.2, -0.15) is 5.10 Å². The number of nitrogens with one attached hydrogen (secondary N) is 1. The van der Waals surface area contributed by atoms with Crippen LogP contribution in [0.25, 0.3) is 11.3 Å². The first-order valence-electron chi connectivity index (χ1n) is 9.43. The predicted octanol–water partition coefficient (Wildman–Crippen LogP) is 4.04. The van der Waals surface area contributed by atoms with Gasteiger partial charge >= 0.3 is 0 Å². The lowest BCUT2D eigenvalue weighted by Gasteiger charge is -2.13. The Morgan fingerprint density at radius 2 is 1.79 bits per heavy atom. The molecule has 0 bridgehead atoms. The molecule has 0 aliphatic rings. The van der Waals surface area contributed by atoms with Gasteiger partial charge in [0.2, 0.25) is 5.91 Å². The second kappa shape index (κ2) is 8.21. The zero-order valence-electron chi connectivity index (χ0n) is 16.7. The van der Waals surface area contributed by atoms with Gasteiger partial charge in [-0.15, -0.1) is 0 Å². The minimum absolute atomic E-state index is 0.130. The Bertz CT molecular complexity index is 1080. The summed E-state index contributed by atoms with van der Waals surface area (Å²) in [4.78, 5) is 24.8. The van der Waals surface area contributed by atoms with Gasteiger partial charge in [-0.25, -0.2) is 4.68 Å². The molecular formula is C23H25N3O2. The highest BCUT2D eigenvalue weighted by Crippen LogP contribution is 2.21. The molecule has 5 nitrogen and oxygen atoms in total. The molecular weight excluding hydrogens is 350 g/mol. The molecule has 5 heteroatoms. The molecule has 0 unspecified atom stereocenters. The number of rotatable bonds is 5. The van der Waals surface area contributed by atoms with Gasteiger partial charge in [-0.05, 0) is 61.6 Å². The lowest BCUT2D eigenvalue weighted by molar-refractivity contribution is -0.117. The average molecular weight is 375 g/mol. The minimum atomic E-state index is -0.303. The van der Waals surface area contributed by atoms with Crippen LogP contribution < -0.4 is 10.9 Å². The SMILES string of the molecule is CCc1cccc(C)c1NC(=O)Cn1nc(-c2ccc(C)c(C)c2)ccc1=O. The molecule has 0 radical (unpaired) electrons. The quantitative estimate of drug-likeness (QED) is 0.732. The van der Waals surface area contributed by atoms with Gasteiger partial charge in [0.05, 0.1) is 5.69 Å². The number of nitrogens with zero attached hydrogens (tertiary/aromatic N) is 2. The zero-order valence-corrected chi connectivity index (χ0v) is 16.7. The standard InChI is InChI=1S/C23H25N3O2/c1-5-18-8-6-7-16(3)23(18)24-21(27)14-26-22(28)12-11-20(25-26)19-10-9-15(2)17(4)13-19/h6-13H,5,14H2,1-4H3,(H,24,27). The molecule has 0 saturated heterocycles. The van der Waals surface area contributed by atoms with Crippen LogP contribution in [-0.2, 0) is 17.8 Å². The third-order valence-electron chi connectivity index (χ3n) is 4.97. The van der Waals surface area contributed by atoms with E-state index in [9.17, 15) is 9.59 Å². The summed E-state index contributed by atoms with van der Waals surface area (Å²) in [6.07, 6.45) is 0.817. The number of hydrogen-bond donors (Lipinski definition) is 1. The molecule has 0 fully saturated rings. The Hall–Kier alpha value is -3.21. The Morgan fingerprint density at radius 1 is 1.00 bits per heavy atom. The van der Waals surface area contributed by atoms with E-state index in [0.29, 0.717) is 5.69 Å². The first kappa shape index (κ1) is 19.5. The molecule has 1 aromatic heterocycles. The van der Waals surface area contributed by atoms with Gasteiger partial charge < -0.3 is 5.32 Å². The van der Waals surface area contributed by atoms with Gasteiger partial charge in [0, 0.05) is 17.3 Å². The summed E-state index contributed by atoms with van der Waals surface area (Å²) in [7, 11) is 0. The zero-order chi connectivity index (χ0) is 20.3. The Labute approximate surface area is 165 Å². The smallest absolute Gasteiger partial charge is 0.267 e. The van der Waals surface area contributed by atoms with Crippen LogP contribution in [0.1, 0.15) is 29.2 Å². The maximum absolute atomic E-state index is 12.6. The van der Waals surface area contributed by atoms with Crippen LogP contribution in [0.2, 0.25) is 0 Å². The van der Waals surface area contributed by atoms with Crippen molar-refractivity contribution in [3.05, 3.63) is 81.1 Å². The van der Waals surface area contributed by atoms with Gasteiger partial charge in [-0.1, -0.05) is 37.3 Å². The van der Waals surface area contributed by atoms with Gasteiger partial charge in [0.15, 0.2) is 0 Å². The van der Waals surface area contributed by atoms with Gasteiger partial charge in [0.25, 0.3) is 5.56 Å². The second-order valence-electron chi connectivity index (χ2n) is 7.02. The number of aromatic nitrogens is 2. The largest absolute Gasteiger partial charge is 0.324 e. The van der Waals surface area contributed by atoms with E-state index in [1.54, 1.807) is 6.07 Å². The van der Waals surface area contributed by atoms with Crippen molar-refractivity contribution in [3.63, 3.8) is 0 Å². The summed E-state index contributed by atoms with van der Waals surface area (Å²) in [5, 5.41) is 7.35. The molecule has 0 atom stereocenters. The van der Waals surface area contributed by atoms with Crippen molar-refractivity contribution in [1.29, 1.82) is 0 Å². The van der Waals surface area contributed by atoms with Gasteiger partial charge in [0.1, 0.15) is 6.54 Å². The van der Waals surface area contributed by atoms with E-state index in [-0.39, 0.29) is 18.0 Å². The van der Waals surface area contributed by atoms with Crippen molar-refractivity contribution in [2.45, 2.75) is 40.7 Å². The van der Waals surface area contributed by atoms with E-state index in [1.165, 1.54) is 16.3 Å². The minimum Gasteiger partial charge on any atom is -0.324 e. The molecule has 0 saturated carbocycles. The monoisotopic (exact) mass is 375 g/mol. The van der Waals surface area contributed by atoms with E-state index in [1.807, 2.05) is 64.1 Å². The molecule has 1 amide bonds. The highest BCUT2D eigenvalue weighted by molar-refractivity contribution is 5.92. The van der Waals surface area contributed by atoms with Crippen molar-refractivity contribution < 1.29 is 4.79 Å². The van der Waals surface area contributed by atoms with Crippen LogP contribution in [0, 0.1) is 20.8 Å². The fraction of sp³-hybridized carbons (Fsp3) is 0.261. The Morgan fingerprint density at radius 3 is 2.50 bits per heavy atom. The van der Waals surface area contributed by atoms with Crippen LogP contribution in [0.15, 0.2) is 53.3 Å². The Balaban J connectivity index is 1.85. The molecule has 0 spiro atoms. The summed E-state index contributed by atoms with van der Waals surface area (Å²) >= 11 is 0. The van der Waals surface area contributed by atoms with E-state index >= 15 is 0 Å². The van der Waals surface area contributed by atoms with Crippen LogP contribution in [0.3, 0.4) is 0 Å². The van der Waals surface area contributed by atoms with Crippen LogP contribution in [0.4, 0.5) is 5.69 Å². The lowest BCUT2D eigenvalue weighted by Crippen LogP contribution is -2.29. The molecule has 1 heterocycles. The fourth-order valence-corrected chi connectivity index (χ4v) is 3.13. The molecule has 144 valence electrons. The number of anilines is 1. The van der Waals surface area contributed by atoms with Crippen LogP contribution in [-0.4, -0.2) is 15.7 Å². The van der Waals surface area contributed by atoms with Crippen molar-refractivity contribution >= 4 is 11.6 Å². The summed E-state index contributed by atoms with van der Waals surface area (Å²) in [6, 6.07) is 15.1. The molecule has 0 aliphatic heterocycles. The number of amides is 1. The molecule has 2 aromatic carbocycles. The van der Waals surface area contributed by atoms with Crippen molar-refractivity contribution in [3.8, 4) is 11.3 Å². The summed E-state index contributed by atoms with van der Waals surface area (Å²) < 4.78 is 1.21. The number of carbonyl (C=O) groups excluding carboxylic acids is 1. The van der Waals surface area contributed by atoms with Crippen LogP contribution in [0.5, 0.6) is 0 Å². The maximum atomic E-state index is 12.6. The fourth-order valence-electron chi connectivity index (χ4n) is 3.13. The highest BCUT2D eigenvalue weighted by Gasteiger charge is 2.12. The van der Waals surface area contributed by atoms with Crippen molar-refractivity contribution in [2.75, 3.05) is 5.32 Å². The third kappa shape index (κ3) is 4.19.